The van der Waals surface area contributed by atoms with Crippen LogP contribution in [0.25, 0.3) is 0 Å². The van der Waals surface area contributed by atoms with E-state index in [1.165, 1.54) is 5.56 Å². The number of benzene rings is 1. The number of nitrogens with zero attached hydrogens (tertiary/aromatic N) is 3. The van der Waals surface area contributed by atoms with E-state index in [-0.39, 0.29) is 6.61 Å². The Morgan fingerprint density at radius 1 is 1.03 bits per heavy atom. The lowest BCUT2D eigenvalue weighted by Crippen LogP contribution is -2.36. The minimum atomic E-state index is -0.553. The molecule has 1 atom stereocenters. The zero-order chi connectivity index (χ0) is 21.2. The molecule has 1 aromatic heterocycles. The van der Waals surface area contributed by atoms with Crippen LogP contribution < -0.4 is 9.47 Å². The van der Waals surface area contributed by atoms with Gasteiger partial charge in [-0.1, -0.05) is 13.0 Å². The van der Waals surface area contributed by atoms with Crippen LogP contribution in [0.15, 0.2) is 42.7 Å². The van der Waals surface area contributed by atoms with Crippen LogP contribution in [0.1, 0.15) is 31.9 Å². The number of aliphatic hydroxyl groups is 1. The van der Waals surface area contributed by atoms with Gasteiger partial charge < -0.3 is 19.5 Å². The molecule has 1 heterocycles. The van der Waals surface area contributed by atoms with Gasteiger partial charge >= 0.3 is 0 Å². The number of aromatic nitrogens is 1. The summed E-state index contributed by atoms with van der Waals surface area (Å²) in [7, 11) is 3.64. The molecular weight excluding hydrogens is 366 g/mol. The topological polar surface area (TPSA) is 58.1 Å². The fourth-order valence-electron chi connectivity index (χ4n) is 3.00. The first-order valence-corrected chi connectivity index (χ1v) is 10.2. The third-order valence-electron chi connectivity index (χ3n) is 5.05. The molecular formula is C23H35N3O3. The molecule has 0 amide bonds. The van der Waals surface area contributed by atoms with Crippen molar-refractivity contribution in [2.45, 2.75) is 46.0 Å². The number of ether oxygens (including phenoxy) is 2. The van der Waals surface area contributed by atoms with E-state index in [1.807, 2.05) is 43.7 Å². The molecule has 0 saturated carbocycles. The molecule has 2 rings (SSSR count). The quantitative estimate of drug-likeness (QED) is 0.589. The third-order valence-corrected chi connectivity index (χ3v) is 5.05. The standard InChI is InChI=1S/C23H35N3O3/c1-6-26(14-19-9-11-24-12-10-19)15-20-7-8-22(23(13-20)28-5)29-17-21(27)16-25(4)18(2)3/h7-13,18,21,27H,6,14-17H2,1-5H3. The molecule has 6 nitrogen and oxygen atoms in total. The Balaban J connectivity index is 1.96. The lowest BCUT2D eigenvalue weighted by atomic mass is 10.1. The number of hydrogen-bond donors (Lipinski definition) is 1. The van der Waals surface area contributed by atoms with Gasteiger partial charge in [0.25, 0.3) is 0 Å². The summed E-state index contributed by atoms with van der Waals surface area (Å²) in [5.41, 5.74) is 2.40. The monoisotopic (exact) mass is 401 g/mol. The Morgan fingerprint density at radius 2 is 1.72 bits per heavy atom. The van der Waals surface area contributed by atoms with Gasteiger partial charge in [-0.15, -0.1) is 0 Å². The lowest BCUT2D eigenvalue weighted by Gasteiger charge is -2.24. The first-order valence-electron chi connectivity index (χ1n) is 10.2. The van der Waals surface area contributed by atoms with E-state index in [0.29, 0.717) is 24.1 Å². The van der Waals surface area contributed by atoms with Gasteiger partial charge in [-0.3, -0.25) is 9.88 Å². The maximum Gasteiger partial charge on any atom is 0.161 e. The van der Waals surface area contributed by atoms with E-state index in [0.717, 1.165) is 25.2 Å². The molecule has 0 aliphatic rings. The first-order chi connectivity index (χ1) is 13.9. The van der Waals surface area contributed by atoms with E-state index >= 15 is 0 Å². The van der Waals surface area contributed by atoms with Crippen LogP contribution in [-0.2, 0) is 13.1 Å². The predicted octanol–water partition coefficient (Wildman–Crippen LogP) is 3.19. The van der Waals surface area contributed by atoms with E-state index < -0.39 is 6.10 Å². The van der Waals surface area contributed by atoms with Crippen molar-refractivity contribution >= 4 is 0 Å². The van der Waals surface area contributed by atoms with Gasteiger partial charge in [-0.25, -0.2) is 0 Å². The normalized spacial score (nSPS) is 12.6. The second-order valence-electron chi connectivity index (χ2n) is 7.64. The minimum absolute atomic E-state index is 0.232. The van der Waals surface area contributed by atoms with Gasteiger partial charge in [0.1, 0.15) is 12.7 Å². The number of hydrogen-bond acceptors (Lipinski definition) is 6. The summed E-state index contributed by atoms with van der Waals surface area (Å²) in [6.07, 6.45) is 3.10. The fraction of sp³-hybridized carbons (Fsp3) is 0.522. The highest BCUT2D eigenvalue weighted by Crippen LogP contribution is 2.29. The molecule has 0 fully saturated rings. The number of methoxy groups -OCH3 is 1. The lowest BCUT2D eigenvalue weighted by molar-refractivity contribution is 0.0668. The molecule has 0 bridgehead atoms. The van der Waals surface area contributed by atoms with Crippen molar-refractivity contribution in [1.29, 1.82) is 0 Å². The predicted molar refractivity (Wildman–Crippen MR) is 116 cm³/mol. The molecule has 160 valence electrons. The van der Waals surface area contributed by atoms with Crippen molar-refractivity contribution in [2.75, 3.05) is 33.9 Å². The summed E-state index contributed by atoms with van der Waals surface area (Å²) < 4.78 is 11.4. The molecule has 1 aromatic carbocycles. The van der Waals surface area contributed by atoms with Crippen LogP contribution in [0, 0.1) is 0 Å². The average Bonchev–Trinajstić information content (AvgIpc) is 2.72. The Bertz CT molecular complexity index is 725. The summed E-state index contributed by atoms with van der Waals surface area (Å²) >= 11 is 0. The molecule has 1 N–H and O–H groups in total. The molecule has 0 spiro atoms. The summed E-state index contributed by atoms with van der Waals surface area (Å²) in [6.45, 7) is 9.79. The van der Waals surface area contributed by atoms with Gasteiger partial charge in [0.2, 0.25) is 0 Å². The van der Waals surface area contributed by atoms with Crippen molar-refractivity contribution in [3.05, 3.63) is 53.9 Å². The van der Waals surface area contributed by atoms with Gasteiger partial charge in [0, 0.05) is 38.1 Å². The SMILES string of the molecule is CCN(Cc1ccncc1)Cc1ccc(OCC(O)CN(C)C(C)C)c(OC)c1. The van der Waals surface area contributed by atoms with Crippen molar-refractivity contribution in [1.82, 2.24) is 14.8 Å². The summed E-state index contributed by atoms with van der Waals surface area (Å²) in [4.78, 5) is 8.53. The van der Waals surface area contributed by atoms with Gasteiger partial charge in [0.15, 0.2) is 11.5 Å². The number of rotatable bonds is 12. The highest BCUT2D eigenvalue weighted by Gasteiger charge is 2.14. The molecule has 0 aliphatic heterocycles. The summed E-state index contributed by atoms with van der Waals surface area (Å²) in [5, 5.41) is 10.2. The van der Waals surface area contributed by atoms with Crippen LogP contribution >= 0.6 is 0 Å². The van der Waals surface area contributed by atoms with Gasteiger partial charge in [-0.2, -0.15) is 0 Å². The van der Waals surface area contributed by atoms with E-state index in [4.69, 9.17) is 9.47 Å². The summed E-state index contributed by atoms with van der Waals surface area (Å²) in [6, 6.07) is 10.5. The smallest absolute Gasteiger partial charge is 0.161 e. The maximum absolute atomic E-state index is 10.2. The minimum Gasteiger partial charge on any atom is -0.493 e. The second-order valence-corrected chi connectivity index (χ2v) is 7.64. The molecule has 0 radical (unpaired) electrons. The maximum atomic E-state index is 10.2. The Morgan fingerprint density at radius 3 is 2.34 bits per heavy atom. The zero-order valence-corrected chi connectivity index (χ0v) is 18.3. The van der Waals surface area contributed by atoms with E-state index in [1.54, 1.807) is 7.11 Å². The van der Waals surface area contributed by atoms with E-state index in [2.05, 4.69) is 41.6 Å². The van der Waals surface area contributed by atoms with Crippen LogP contribution in [0.3, 0.4) is 0 Å². The Hall–Kier alpha value is -2.15. The molecule has 2 aromatic rings. The molecule has 0 saturated heterocycles. The highest BCUT2D eigenvalue weighted by atomic mass is 16.5. The highest BCUT2D eigenvalue weighted by molar-refractivity contribution is 5.43. The molecule has 1 unspecified atom stereocenters. The van der Waals surface area contributed by atoms with Gasteiger partial charge in [0.05, 0.1) is 7.11 Å². The van der Waals surface area contributed by atoms with Crippen LogP contribution in [0.5, 0.6) is 11.5 Å². The second kappa shape index (κ2) is 11.8. The number of likely N-dealkylation sites (N-methyl/N-ethyl adjacent to an activating group) is 1. The van der Waals surface area contributed by atoms with Crippen LogP contribution in [0.2, 0.25) is 0 Å². The van der Waals surface area contributed by atoms with Crippen LogP contribution in [-0.4, -0.2) is 65.9 Å². The van der Waals surface area contributed by atoms with Crippen molar-refractivity contribution in [2.24, 2.45) is 0 Å². The Labute approximate surface area is 175 Å². The number of pyridine rings is 1. The Kier molecular flexibility index (Phi) is 9.38. The fourth-order valence-corrected chi connectivity index (χ4v) is 3.00. The number of aliphatic hydroxyl groups excluding tert-OH is 1. The summed E-state index contributed by atoms with van der Waals surface area (Å²) in [5.74, 6) is 1.34. The first kappa shape index (κ1) is 23.1. The van der Waals surface area contributed by atoms with Crippen LogP contribution in [0.4, 0.5) is 0 Å². The molecule has 6 heteroatoms. The molecule has 0 aliphatic carbocycles. The van der Waals surface area contributed by atoms with Crippen molar-refractivity contribution in [3.8, 4) is 11.5 Å². The van der Waals surface area contributed by atoms with Gasteiger partial charge in [-0.05, 0) is 62.8 Å². The average molecular weight is 402 g/mol. The largest absolute Gasteiger partial charge is 0.493 e. The van der Waals surface area contributed by atoms with E-state index in [9.17, 15) is 5.11 Å². The zero-order valence-electron chi connectivity index (χ0n) is 18.3. The third kappa shape index (κ3) is 7.65. The van der Waals surface area contributed by atoms with Crippen molar-refractivity contribution < 1.29 is 14.6 Å². The molecule has 29 heavy (non-hydrogen) atoms. The van der Waals surface area contributed by atoms with Crippen molar-refractivity contribution in [3.63, 3.8) is 0 Å².